The summed E-state index contributed by atoms with van der Waals surface area (Å²) in [5.41, 5.74) is 0.884. The van der Waals surface area contributed by atoms with Gasteiger partial charge in [0.05, 0.1) is 12.5 Å². The van der Waals surface area contributed by atoms with Crippen molar-refractivity contribution in [2.45, 2.75) is 70.9 Å². The van der Waals surface area contributed by atoms with Crippen molar-refractivity contribution in [1.82, 2.24) is 0 Å². The van der Waals surface area contributed by atoms with E-state index < -0.39 is 34.1 Å². The van der Waals surface area contributed by atoms with Gasteiger partial charge in [0.1, 0.15) is 18.0 Å². The van der Waals surface area contributed by atoms with Crippen LogP contribution in [0.5, 0.6) is 0 Å². The lowest BCUT2D eigenvalue weighted by Crippen LogP contribution is -2.45. The topological polar surface area (TPSA) is 88.1 Å². The van der Waals surface area contributed by atoms with Gasteiger partial charge >= 0.3 is 13.6 Å². The van der Waals surface area contributed by atoms with Crippen LogP contribution in [0.25, 0.3) is 0 Å². The second-order valence-electron chi connectivity index (χ2n) is 9.12. The molecule has 9 heteroatoms. The summed E-state index contributed by atoms with van der Waals surface area (Å²) in [5, 5.41) is -0.107. The number of carbonyl (C=O) groups excluding carboxylic acids is 2. The molecule has 31 heavy (non-hydrogen) atoms. The number of ketones is 1. The molecule has 0 heterocycles. The maximum Gasteiger partial charge on any atom is 0.337 e. The lowest BCUT2D eigenvalue weighted by Gasteiger charge is -2.39. The number of carbonyl (C=O) groups is 2. The number of hydrogen-bond donors (Lipinski definition) is 0. The molecule has 0 aliphatic carbocycles. The molecule has 0 saturated heterocycles. The van der Waals surface area contributed by atoms with Gasteiger partial charge in [0.2, 0.25) is 0 Å². The second kappa shape index (κ2) is 11.5. The van der Waals surface area contributed by atoms with E-state index in [1.54, 1.807) is 6.92 Å². The summed E-state index contributed by atoms with van der Waals surface area (Å²) in [6.07, 6.45) is -1.60. The molecule has 0 amide bonds. The zero-order valence-corrected chi connectivity index (χ0v) is 21.9. The largest absolute Gasteiger partial charge is 0.458 e. The molecule has 2 atom stereocenters. The standard InChI is InChI=1S/C22H37O7PSi/c1-17(18-12-10-9-11-13-18)28-21(24)15-20(29-31(7,8)22(2,3)4)14-19(23)16-30(25,26-5)27-6/h9-13,17,20H,14-16H2,1-8H3/t17-,20-/m1/s1. The number of esters is 1. The molecule has 1 aromatic carbocycles. The summed E-state index contributed by atoms with van der Waals surface area (Å²) >= 11 is 0. The highest BCUT2D eigenvalue weighted by Crippen LogP contribution is 2.46. The van der Waals surface area contributed by atoms with Gasteiger partial charge in [-0.25, -0.2) is 0 Å². The third-order valence-corrected chi connectivity index (χ3v) is 12.0. The van der Waals surface area contributed by atoms with Crippen LogP contribution in [-0.2, 0) is 32.4 Å². The first-order chi connectivity index (χ1) is 14.2. The van der Waals surface area contributed by atoms with Gasteiger partial charge in [-0.3, -0.25) is 14.2 Å². The minimum atomic E-state index is -3.48. The quantitative estimate of drug-likeness (QED) is 0.225. The predicted octanol–water partition coefficient (Wildman–Crippen LogP) is 5.52. The first kappa shape index (κ1) is 27.7. The SMILES string of the molecule is COP(=O)(CC(=O)C[C@H](CC(=O)O[C@H](C)c1ccccc1)O[Si](C)(C)C(C)(C)C)OC. The van der Waals surface area contributed by atoms with Crippen LogP contribution in [0.15, 0.2) is 30.3 Å². The molecule has 0 aliphatic heterocycles. The van der Waals surface area contributed by atoms with Gasteiger partial charge in [-0.1, -0.05) is 51.1 Å². The number of benzene rings is 1. The Bertz CT molecular complexity index is 766. The van der Waals surface area contributed by atoms with Crippen molar-refractivity contribution in [3.63, 3.8) is 0 Å². The van der Waals surface area contributed by atoms with Gasteiger partial charge in [0.25, 0.3) is 0 Å². The molecule has 0 unspecified atom stereocenters. The van der Waals surface area contributed by atoms with Crippen molar-refractivity contribution in [3.8, 4) is 0 Å². The number of Topliss-reactive ketones (excluding diaryl/α,β-unsaturated/α-hetero) is 1. The van der Waals surface area contributed by atoms with E-state index in [0.29, 0.717) is 0 Å². The van der Waals surface area contributed by atoms with Gasteiger partial charge in [0, 0.05) is 20.6 Å². The Hall–Kier alpha value is -1.31. The van der Waals surface area contributed by atoms with Crippen molar-refractivity contribution < 1.29 is 32.4 Å². The Labute approximate surface area is 187 Å². The average molecular weight is 473 g/mol. The molecular formula is C22H37O7PSi. The second-order valence-corrected chi connectivity index (χ2v) is 16.1. The van der Waals surface area contributed by atoms with E-state index in [1.165, 1.54) is 14.2 Å². The molecule has 0 aliphatic rings. The fourth-order valence-corrected chi connectivity index (χ4v) is 5.03. The summed E-state index contributed by atoms with van der Waals surface area (Å²) in [6.45, 7) is 12.2. The average Bonchev–Trinajstić information content (AvgIpc) is 2.66. The molecule has 0 N–H and O–H groups in total. The first-order valence-electron chi connectivity index (χ1n) is 10.4. The highest BCUT2D eigenvalue weighted by atomic mass is 31.2. The van der Waals surface area contributed by atoms with Crippen LogP contribution in [0.1, 0.15) is 52.2 Å². The molecule has 0 spiro atoms. The predicted molar refractivity (Wildman–Crippen MR) is 124 cm³/mol. The molecule has 0 aromatic heterocycles. The van der Waals surface area contributed by atoms with Crippen molar-refractivity contribution >= 4 is 27.7 Å². The number of rotatable bonds is 12. The molecule has 0 fully saturated rings. The minimum Gasteiger partial charge on any atom is -0.458 e. The van der Waals surface area contributed by atoms with Crippen LogP contribution < -0.4 is 0 Å². The summed E-state index contributed by atoms with van der Waals surface area (Å²) in [5.74, 6) is -0.797. The van der Waals surface area contributed by atoms with E-state index in [4.69, 9.17) is 18.2 Å². The van der Waals surface area contributed by atoms with E-state index in [9.17, 15) is 14.2 Å². The smallest absolute Gasteiger partial charge is 0.337 e. The van der Waals surface area contributed by atoms with Crippen LogP contribution >= 0.6 is 7.60 Å². The summed E-state index contributed by atoms with van der Waals surface area (Å²) in [4.78, 5) is 25.2. The highest BCUT2D eigenvalue weighted by Gasteiger charge is 2.40. The number of hydrogen-bond acceptors (Lipinski definition) is 7. The monoisotopic (exact) mass is 472 g/mol. The molecule has 1 rings (SSSR count). The van der Waals surface area contributed by atoms with E-state index in [-0.39, 0.29) is 29.8 Å². The molecule has 0 saturated carbocycles. The van der Waals surface area contributed by atoms with Crippen LogP contribution in [-0.4, -0.2) is 46.6 Å². The van der Waals surface area contributed by atoms with Crippen molar-refractivity contribution in [2.75, 3.05) is 20.4 Å². The van der Waals surface area contributed by atoms with Gasteiger partial charge in [-0.05, 0) is 30.6 Å². The van der Waals surface area contributed by atoms with E-state index in [1.807, 2.05) is 30.3 Å². The van der Waals surface area contributed by atoms with Crippen molar-refractivity contribution in [2.24, 2.45) is 0 Å². The molecule has 7 nitrogen and oxygen atoms in total. The Morgan fingerprint density at radius 1 is 1.03 bits per heavy atom. The van der Waals surface area contributed by atoms with E-state index >= 15 is 0 Å². The van der Waals surface area contributed by atoms with Gasteiger partial charge in [0.15, 0.2) is 8.32 Å². The van der Waals surface area contributed by atoms with E-state index in [2.05, 4.69) is 33.9 Å². The normalized spacial score (nSPS) is 14.7. The fraction of sp³-hybridized carbons (Fsp3) is 0.636. The Morgan fingerprint density at radius 2 is 1.58 bits per heavy atom. The summed E-state index contributed by atoms with van der Waals surface area (Å²) in [6, 6.07) is 9.43. The molecule has 176 valence electrons. The number of ether oxygens (including phenoxy) is 1. The summed E-state index contributed by atoms with van der Waals surface area (Å²) in [7, 11) is -3.28. The molecular weight excluding hydrogens is 435 g/mol. The zero-order valence-electron chi connectivity index (χ0n) is 20.0. The maximum atomic E-state index is 12.6. The first-order valence-corrected chi connectivity index (χ1v) is 15.0. The van der Waals surface area contributed by atoms with Crippen LogP contribution in [0.3, 0.4) is 0 Å². The molecule has 0 radical (unpaired) electrons. The Morgan fingerprint density at radius 3 is 2.06 bits per heavy atom. The lowest BCUT2D eigenvalue weighted by atomic mass is 10.1. The minimum absolute atomic E-state index is 0.0698. The Balaban J connectivity index is 2.92. The summed E-state index contributed by atoms with van der Waals surface area (Å²) < 4.78 is 34.0. The highest BCUT2D eigenvalue weighted by molar-refractivity contribution is 7.54. The fourth-order valence-electron chi connectivity index (χ4n) is 2.71. The lowest BCUT2D eigenvalue weighted by molar-refractivity contribution is -0.150. The van der Waals surface area contributed by atoms with Crippen molar-refractivity contribution in [3.05, 3.63) is 35.9 Å². The van der Waals surface area contributed by atoms with E-state index in [0.717, 1.165) is 5.56 Å². The molecule has 1 aromatic rings. The van der Waals surface area contributed by atoms with Crippen LogP contribution in [0.2, 0.25) is 18.1 Å². The zero-order chi connectivity index (χ0) is 23.9. The third-order valence-electron chi connectivity index (χ3n) is 5.62. The van der Waals surface area contributed by atoms with Crippen LogP contribution in [0.4, 0.5) is 0 Å². The Kier molecular flexibility index (Phi) is 10.3. The van der Waals surface area contributed by atoms with Gasteiger partial charge < -0.3 is 18.2 Å². The molecule has 0 bridgehead atoms. The third kappa shape index (κ3) is 8.98. The maximum absolute atomic E-state index is 12.6. The van der Waals surface area contributed by atoms with Crippen LogP contribution in [0, 0.1) is 0 Å². The van der Waals surface area contributed by atoms with Gasteiger partial charge in [-0.15, -0.1) is 0 Å². The van der Waals surface area contributed by atoms with Crippen molar-refractivity contribution in [1.29, 1.82) is 0 Å². The van der Waals surface area contributed by atoms with Gasteiger partial charge in [-0.2, -0.15) is 0 Å².